The second kappa shape index (κ2) is 7.80. The second-order valence-corrected chi connectivity index (χ2v) is 6.30. The van der Waals surface area contributed by atoms with Crippen LogP contribution in [-0.4, -0.2) is 37.1 Å². The number of benzene rings is 1. The molecule has 2 unspecified atom stereocenters. The topological polar surface area (TPSA) is 15.3 Å². The fraction of sp³-hybridized carbons (Fsp3) is 0.667. The molecule has 1 saturated heterocycles. The molecule has 1 fully saturated rings. The Morgan fingerprint density at radius 1 is 1.30 bits per heavy atom. The average molecular weight is 274 g/mol. The third-order valence-electron chi connectivity index (χ3n) is 4.60. The van der Waals surface area contributed by atoms with E-state index in [1.54, 1.807) is 0 Å². The van der Waals surface area contributed by atoms with Gasteiger partial charge in [0.2, 0.25) is 0 Å². The van der Waals surface area contributed by atoms with Crippen molar-refractivity contribution in [3.05, 3.63) is 35.4 Å². The molecule has 2 rings (SSSR count). The maximum absolute atomic E-state index is 3.70. The molecule has 0 saturated carbocycles. The molecule has 0 bridgehead atoms. The van der Waals surface area contributed by atoms with Crippen LogP contribution in [0.15, 0.2) is 24.3 Å². The first-order valence-corrected chi connectivity index (χ1v) is 8.21. The number of hydrogen-bond donors (Lipinski definition) is 1. The molecule has 0 radical (unpaired) electrons. The Balaban J connectivity index is 1.77. The molecule has 0 spiro atoms. The van der Waals surface area contributed by atoms with Gasteiger partial charge in [-0.25, -0.2) is 0 Å². The molecule has 1 aromatic carbocycles. The lowest BCUT2D eigenvalue weighted by Gasteiger charge is -2.37. The van der Waals surface area contributed by atoms with Crippen molar-refractivity contribution in [2.45, 2.75) is 46.1 Å². The monoisotopic (exact) mass is 274 g/mol. The highest BCUT2D eigenvalue weighted by Gasteiger charge is 2.24. The molecule has 112 valence electrons. The Labute approximate surface area is 124 Å². The maximum atomic E-state index is 3.70. The summed E-state index contributed by atoms with van der Waals surface area (Å²) in [6.45, 7) is 11.7. The number of piperidine rings is 1. The minimum absolute atomic E-state index is 0.727. The number of rotatable bonds is 6. The zero-order valence-corrected chi connectivity index (χ0v) is 13.4. The van der Waals surface area contributed by atoms with Gasteiger partial charge in [-0.15, -0.1) is 0 Å². The predicted molar refractivity (Wildman–Crippen MR) is 87.2 cm³/mol. The van der Waals surface area contributed by atoms with Crippen molar-refractivity contribution in [3.8, 4) is 0 Å². The van der Waals surface area contributed by atoms with Gasteiger partial charge < -0.3 is 10.2 Å². The van der Waals surface area contributed by atoms with Gasteiger partial charge in [0, 0.05) is 19.1 Å². The van der Waals surface area contributed by atoms with Gasteiger partial charge in [-0.05, 0) is 56.3 Å². The van der Waals surface area contributed by atoms with Gasteiger partial charge in [-0.2, -0.15) is 0 Å². The second-order valence-electron chi connectivity index (χ2n) is 6.30. The number of hydrogen-bond acceptors (Lipinski definition) is 2. The standard InChI is InChI=1S/C18H30N2/c1-4-11-19-18-10-13-20(14-16(18)3)12-9-17-8-6-5-7-15(17)2/h5-8,16,18-19H,4,9-14H2,1-3H3. The number of nitrogens with one attached hydrogen (secondary N) is 1. The van der Waals surface area contributed by atoms with Gasteiger partial charge in [0.1, 0.15) is 0 Å². The third kappa shape index (κ3) is 4.32. The average Bonchev–Trinajstić information content (AvgIpc) is 2.45. The SMILES string of the molecule is CCCNC1CCN(CCc2ccccc2C)CC1C. The number of likely N-dealkylation sites (tertiary alicyclic amines) is 1. The minimum atomic E-state index is 0.727. The molecule has 1 heterocycles. The van der Waals surface area contributed by atoms with Crippen LogP contribution in [0.1, 0.15) is 37.8 Å². The Bertz CT molecular complexity index is 402. The van der Waals surface area contributed by atoms with Crippen LogP contribution in [0.4, 0.5) is 0 Å². The van der Waals surface area contributed by atoms with Gasteiger partial charge in [-0.1, -0.05) is 38.1 Å². The summed E-state index contributed by atoms with van der Waals surface area (Å²) in [6.07, 6.45) is 3.72. The molecule has 1 aliphatic heterocycles. The van der Waals surface area contributed by atoms with Crippen molar-refractivity contribution in [1.82, 2.24) is 10.2 Å². The van der Waals surface area contributed by atoms with Crippen molar-refractivity contribution in [2.24, 2.45) is 5.92 Å². The Hall–Kier alpha value is -0.860. The molecule has 20 heavy (non-hydrogen) atoms. The lowest BCUT2D eigenvalue weighted by atomic mass is 9.93. The summed E-state index contributed by atoms with van der Waals surface area (Å²) in [5.41, 5.74) is 2.94. The summed E-state index contributed by atoms with van der Waals surface area (Å²) >= 11 is 0. The van der Waals surface area contributed by atoms with E-state index in [9.17, 15) is 0 Å². The van der Waals surface area contributed by atoms with Crippen molar-refractivity contribution >= 4 is 0 Å². The van der Waals surface area contributed by atoms with Crippen LogP contribution < -0.4 is 5.32 Å². The van der Waals surface area contributed by atoms with Crippen molar-refractivity contribution < 1.29 is 0 Å². The van der Waals surface area contributed by atoms with E-state index in [0.29, 0.717) is 0 Å². The first-order valence-electron chi connectivity index (χ1n) is 8.21. The Morgan fingerprint density at radius 3 is 2.80 bits per heavy atom. The minimum Gasteiger partial charge on any atom is -0.314 e. The summed E-state index contributed by atoms with van der Waals surface area (Å²) in [4.78, 5) is 2.64. The van der Waals surface area contributed by atoms with Gasteiger partial charge >= 0.3 is 0 Å². The van der Waals surface area contributed by atoms with Crippen molar-refractivity contribution in [3.63, 3.8) is 0 Å². The quantitative estimate of drug-likeness (QED) is 0.856. The molecule has 1 N–H and O–H groups in total. The highest BCUT2D eigenvalue weighted by Crippen LogP contribution is 2.18. The molecule has 0 aliphatic carbocycles. The highest BCUT2D eigenvalue weighted by atomic mass is 15.1. The van der Waals surface area contributed by atoms with Crippen molar-refractivity contribution in [1.29, 1.82) is 0 Å². The normalized spacial score (nSPS) is 23.9. The fourth-order valence-corrected chi connectivity index (χ4v) is 3.24. The van der Waals surface area contributed by atoms with Crippen LogP contribution in [0.25, 0.3) is 0 Å². The summed E-state index contributed by atoms with van der Waals surface area (Å²) in [6, 6.07) is 9.51. The van der Waals surface area contributed by atoms with Crippen LogP contribution in [0.2, 0.25) is 0 Å². The first-order chi connectivity index (χ1) is 9.70. The molecule has 2 nitrogen and oxygen atoms in total. The van der Waals surface area contributed by atoms with E-state index >= 15 is 0 Å². The van der Waals surface area contributed by atoms with E-state index in [1.165, 1.54) is 50.0 Å². The number of nitrogens with zero attached hydrogens (tertiary/aromatic N) is 1. The summed E-state index contributed by atoms with van der Waals surface area (Å²) < 4.78 is 0. The van der Waals surface area contributed by atoms with E-state index in [0.717, 1.165) is 18.5 Å². The van der Waals surface area contributed by atoms with Gasteiger partial charge in [0.15, 0.2) is 0 Å². The van der Waals surface area contributed by atoms with Gasteiger partial charge in [0.05, 0.1) is 0 Å². The molecule has 1 aromatic rings. The third-order valence-corrected chi connectivity index (χ3v) is 4.60. The maximum Gasteiger partial charge on any atom is 0.0117 e. The zero-order valence-electron chi connectivity index (χ0n) is 13.4. The van der Waals surface area contributed by atoms with Crippen LogP contribution in [0.3, 0.4) is 0 Å². The van der Waals surface area contributed by atoms with E-state index in [2.05, 4.69) is 55.3 Å². The summed E-state index contributed by atoms with van der Waals surface area (Å²) in [5.74, 6) is 0.771. The Morgan fingerprint density at radius 2 is 2.10 bits per heavy atom. The van der Waals surface area contributed by atoms with Crippen LogP contribution in [0.5, 0.6) is 0 Å². The van der Waals surface area contributed by atoms with Crippen LogP contribution >= 0.6 is 0 Å². The van der Waals surface area contributed by atoms with E-state index < -0.39 is 0 Å². The van der Waals surface area contributed by atoms with Crippen LogP contribution in [0, 0.1) is 12.8 Å². The summed E-state index contributed by atoms with van der Waals surface area (Å²) in [5, 5.41) is 3.70. The smallest absolute Gasteiger partial charge is 0.0117 e. The zero-order chi connectivity index (χ0) is 14.4. The van der Waals surface area contributed by atoms with Gasteiger partial charge in [0.25, 0.3) is 0 Å². The molecule has 0 aromatic heterocycles. The molecule has 2 heteroatoms. The molecule has 0 amide bonds. The summed E-state index contributed by atoms with van der Waals surface area (Å²) in [7, 11) is 0. The lowest BCUT2D eigenvalue weighted by molar-refractivity contribution is 0.149. The Kier molecular flexibility index (Phi) is 6.06. The van der Waals surface area contributed by atoms with Crippen molar-refractivity contribution in [2.75, 3.05) is 26.2 Å². The fourth-order valence-electron chi connectivity index (χ4n) is 3.24. The first kappa shape index (κ1) is 15.5. The molecular weight excluding hydrogens is 244 g/mol. The van der Waals surface area contributed by atoms with E-state index in [-0.39, 0.29) is 0 Å². The van der Waals surface area contributed by atoms with E-state index in [4.69, 9.17) is 0 Å². The van der Waals surface area contributed by atoms with E-state index in [1.807, 2.05) is 0 Å². The molecule has 2 atom stereocenters. The van der Waals surface area contributed by atoms with Crippen LogP contribution in [-0.2, 0) is 6.42 Å². The largest absolute Gasteiger partial charge is 0.314 e. The number of aryl methyl sites for hydroxylation is 1. The highest BCUT2D eigenvalue weighted by molar-refractivity contribution is 5.25. The van der Waals surface area contributed by atoms with Gasteiger partial charge in [-0.3, -0.25) is 0 Å². The molecule has 1 aliphatic rings. The lowest BCUT2D eigenvalue weighted by Crippen LogP contribution is -2.48. The molecular formula is C18H30N2. The predicted octanol–water partition coefficient (Wildman–Crippen LogP) is 3.25.